The first-order valence-corrected chi connectivity index (χ1v) is 11.9. The van der Waals surface area contributed by atoms with Crippen LogP contribution in [0.4, 0.5) is 23.2 Å². The lowest BCUT2D eigenvalue weighted by molar-refractivity contribution is -0.207. The first-order chi connectivity index (χ1) is 18.5. The average molecular weight is 567 g/mol. The normalized spacial score (nSPS) is 17.7. The van der Waals surface area contributed by atoms with E-state index in [9.17, 15) is 32.3 Å². The summed E-state index contributed by atoms with van der Waals surface area (Å²) in [6.45, 7) is -1.42. The molecule has 204 valence electrons. The van der Waals surface area contributed by atoms with Crippen molar-refractivity contribution in [3.05, 3.63) is 70.3 Å². The van der Waals surface area contributed by atoms with Gasteiger partial charge in [-0.05, 0) is 42.8 Å². The fourth-order valence-corrected chi connectivity index (χ4v) is 3.87. The smallest absolute Gasteiger partial charge is 0.382 e. The number of aliphatic hydroxyl groups is 1. The van der Waals surface area contributed by atoms with Gasteiger partial charge < -0.3 is 10.4 Å². The summed E-state index contributed by atoms with van der Waals surface area (Å²) in [5, 5.41) is 21.0. The predicted octanol–water partition coefficient (Wildman–Crippen LogP) is 2.61. The number of halogens is 5. The molecule has 1 fully saturated rings. The maximum Gasteiger partial charge on any atom is 0.416 e. The monoisotopic (exact) mass is 566 g/mol. The Morgan fingerprint density at radius 3 is 2.56 bits per heavy atom. The van der Waals surface area contributed by atoms with Crippen LogP contribution >= 0.6 is 11.6 Å². The number of carbonyl (C=O) groups excluding carboxylic acids is 1. The molecule has 0 aliphatic heterocycles. The highest BCUT2D eigenvalue weighted by Crippen LogP contribution is 2.35. The van der Waals surface area contributed by atoms with Gasteiger partial charge in [0.2, 0.25) is 5.91 Å². The third kappa shape index (κ3) is 5.68. The van der Waals surface area contributed by atoms with Crippen molar-refractivity contribution in [1.29, 1.82) is 0 Å². The quantitative estimate of drug-likeness (QED) is 0.313. The van der Waals surface area contributed by atoms with Crippen molar-refractivity contribution in [3.8, 4) is 17.2 Å². The minimum atomic E-state index is -4.96. The highest BCUT2D eigenvalue weighted by molar-refractivity contribution is 6.30. The van der Waals surface area contributed by atoms with Crippen LogP contribution in [0.5, 0.6) is 0 Å². The third-order valence-electron chi connectivity index (χ3n) is 5.90. The van der Waals surface area contributed by atoms with Crippen molar-refractivity contribution in [1.82, 2.24) is 34.1 Å². The Morgan fingerprint density at radius 2 is 1.90 bits per heavy atom. The molecule has 3 atom stereocenters. The second-order valence-electron chi connectivity index (χ2n) is 8.77. The molecule has 3 heterocycles. The van der Waals surface area contributed by atoms with E-state index in [1.807, 2.05) is 0 Å². The summed E-state index contributed by atoms with van der Waals surface area (Å²) in [6.07, 6.45) is -6.10. The summed E-state index contributed by atoms with van der Waals surface area (Å²) in [7, 11) is 0. The molecule has 1 saturated carbocycles. The van der Waals surface area contributed by atoms with E-state index in [1.54, 1.807) is 12.1 Å². The van der Waals surface area contributed by atoms with Crippen molar-refractivity contribution in [2.24, 2.45) is 5.92 Å². The van der Waals surface area contributed by atoms with Crippen molar-refractivity contribution in [2.75, 3.05) is 5.32 Å². The van der Waals surface area contributed by atoms with E-state index in [1.165, 1.54) is 41.5 Å². The number of aromatic nitrogens is 7. The van der Waals surface area contributed by atoms with Crippen LogP contribution in [0, 0.1) is 5.92 Å². The highest BCUT2D eigenvalue weighted by atomic mass is 35.5. The molecule has 1 amide bonds. The van der Waals surface area contributed by atoms with Gasteiger partial charge in [0.05, 0.1) is 18.2 Å². The van der Waals surface area contributed by atoms with Gasteiger partial charge >= 0.3 is 11.9 Å². The molecule has 5 rings (SSSR count). The highest BCUT2D eigenvalue weighted by Gasteiger charge is 2.44. The van der Waals surface area contributed by atoms with E-state index in [2.05, 4.69) is 25.5 Å². The molecule has 0 unspecified atom stereocenters. The number of aliphatic hydroxyl groups excluding tert-OH is 1. The fourth-order valence-electron chi connectivity index (χ4n) is 3.74. The molecule has 3 aromatic heterocycles. The molecule has 0 bridgehead atoms. The van der Waals surface area contributed by atoms with Crippen molar-refractivity contribution < 1.29 is 27.5 Å². The van der Waals surface area contributed by atoms with Crippen molar-refractivity contribution >= 4 is 23.2 Å². The van der Waals surface area contributed by atoms with Gasteiger partial charge in [-0.2, -0.15) is 13.2 Å². The van der Waals surface area contributed by atoms with Crippen LogP contribution in [-0.2, 0) is 17.9 Å². The summed E-state index contributed by atoms with van der Waals surface area (Å²) in [4.78, 5) is 33.5. The largest absolute Gasteiger partial charge is 0.416 e. The summed E-state index contributed by atoms with van der Waals surface area (Å²) in [5.74, 6) is -1.12. The van der Waals surface area contributed by atoms with Crippen LogP contribution in [-0.4, -0.2) is 63.6 Å². The van der Waals surface area contributed by atoms with E-state index < -0.39 is 42.5 Å². The van der Waals surface area contributed by atoms with Gasteiger partial charge in [-0.3, -0.25) is 9.36 Å². The Balaban J connectivity index is 1.43. The van der Waals surface area contributed by atoms with Gasteiger partial charge in [-0.15, -0.1) is 10.2 Å². The summed E-state index contributed by atoms with van der Waals surface area (Å²) in [6, 6.07) is 9.02. The SMILES string of the molecule is O=C(Nc1cccnc1-n1cnc(Cn2nc(-c3ccc(Cl)cc3)n(C[C@H](O)C(F)(F)F)c2=O)n1)[C@@H]1C[C@H]1F. The van der Waals surface area contributed by atoms with Crippen LogP contribution in [0.2, 0.25) is 5.02 Å². The number of hydrogen-bond acceptors (Lipinski definition) is 7. The third-order valence-corrected chi connectivity index (χ3v) is 6.15. The second kappa shape index (κ2) is 10.2. The number of alkyl halides is 4. The summed E-state index contributed by atoms with van der Waals surface area (Å²) in [5.41, 5.74) is -0.385. The summed E-state index contributed by atoms with van der Waals surface area (Å²) >= 11 is 5.90. The van der Waals surface area contributed by atoms with E-state index in [0.717, 1.165) is 4.68 Å². The van der Waals surface area contributed by atoms with E-state index in [4.69, 9.17) is 11.6 Å². The van der Waals surface area contributed by atoms with Crippen LogP contribution in [0.25, 0.3) is 17.2 Å². The Kier molecular flexibility index (Phi) is 6.94. The van der Waals surface area contributed by atoms with Gasteiger partial charge in [0.1, 0.15) is 19.0 Å². The minimum Gasteiger partial charge on any atom is -0.382 e. The van der Waals surface area contributed by atoms with E-state index >= 15 is 0 Å². The van der Waals surface area contributed by atoms with Crippen LogP contribution in [0.3, 0.4) is 0 Å². The number of nitrogens with one attached hydrogen (secondary N) is 1. The Bertz CT molecular complexity index is 1570. The Labute approximate surface area is 221 Å². The Morgan fingerprint density at radius 1 is 1.18 bits per heavy atom. The number of amides is 1. The van der Waals surface area contributed by atoms with Crippen molar-refractivity contribution in [2.45, 2.75) is 38.0 Å². The number of anilines is 1. The predicted molar refractivity (Wildman–Crippen MR) is 129 cm³/mol. The van der Waals surface area contributed by atoms with E-state index in [0.29, 0.717) is 15.2 Å². The number of hydrogen-bond donors (Lipinski definition) is 2. The molecular formula is C23H19ClF4N8O3. The van der Waals surface area contributed by atoms with Crippen molar-refractivity contribution in [3.63, 3.8) is 0 Å². The zero-order valence-corrected chi connectivity index (χ0v) is 20.5. The number of carbonyl (C=O) groups is 1. The van der Waals surface area contributed by atoms with Gasteiger partial charge in [-0.1, -0.05) is 11.6 Å². The van der Waals surface area contributed by atoms with Gasteiger partial charge in [0, 0.05) is 16.8 Å². The average Bonchev–Trinajstić information content (AvgIpc) is 3.32. The number of pyridine rings is 1. The maximum absolute atomic E-state index is 13.3. The first kappa shape index (κ1) is 26.5. The fraction of sp³-hybridized carbons (Fsp3) is 0.304. The Hall–Kier alpha value is -4.11. The first-order valence-electron chi connectivity index (χ1n) is 11.5. The lowest BCUT2D eigenvalue weighted by Crippen LogP contribution is -2.37. The zero-order chi connectivity index (χ0) is 27.9. The van der Waals surface area contributed by atoms with Crippen LogP contribution in [0.15, 0.2) is 53.7 Å². The zero-order valence-electron chi connectivity index (χ0n) is 19.8. The van der Waals surface area contributed by atoms with Gasteiger partial charge in [0.25, 0.3) is 0 Å². The number of nitrogens with zero attached hydrogens (tertiary/aromatic N) is 7. The lowest BCUT2D eigenvalue weighted by atomic mass is 10.2. The van der Waals surface area contributed by atoms with E-state index in [-0.39, 0.29) is 36.1 Å². The molecule has 11 nitrogen and oxygen atoms in total. The van der Waals surface area contributed by atoms with Crippen LogP contribution in [0.1, 0.15) is 12.2 Å². The molecule has 1 aliphatic carbocycles. The number of rotatable bonds is 8. The number of benzene rings is 1. The lowest BCUT2D eigenvalue weighted by Gasteiger charge is -2.15. The standard InChI is InChI=1S/C23H19ClF4N8O3/c24-13-5-3-12(4-6-13)19-33-35(22(39)34(19)9-17(37)23(26,27)28)10-18-30-11-36(32-18)20-16(2-1-7-29-20)31-21(38)14-8-15(14)25/h1-7,11,14-15,17,37H,8-10H2,(H,31,38)/t14-,15-,17+/m1/s1. The molecule has 39 heavy (non-hydrogen) atoms. The molecule has 16 heteroatoms. The maximum atomic E-state index is 13.3. The topological polar surface area (TPSA) is 133 Å². The van der Waals surface area contributed by atoms with Gasteiger partial charge in [0.15, 0.2) is 23.6 Å². The molecule has 1 aliphatic rings. The molecule has 0 radical (unpaired) electrons. The molecule has 4 aromatic rings. The molecule has 0 saturated heterocycles. The molecular weight excluding hydrogens is 548 g/mol. The minimum absolute atomic E-state index is 0.0507. The molecule has 2 N–H and O–H groups in total. The second-order valence-corrected chi connectivity index (χ2v) is 9.20. The summed E-state index contributed by atoms with van der Waals surface area (Å²) < 4.78 is 55.3. The van der Waals surface area contributed by atoms with Crippen LogP contribution < -0.4 is 11.0 Å². The molecule has 1 aromatic carbocycles. The van der Waals surface area contributed by atoms with Gasteiger partial charge in [-0.25, -0.2) is 28.5 Å². The molecule has 0 spiro atoms.